The van der Waals surface area contributed by atoms with Crippen LogP contribution in [0.25, 0.3) is 0 Å². The van der Waals surface area contributed by atoms with Crippen LogP contribution in [0.3, 0.4) is 0 Å². The average Bonchev–Trinajstić information content (AvgIpc) is 2.80. The minimum atomic E-state index is 0.464. The molecule has 30 heavy (non-hydrogen) atoms. The Hall–Kier alpha value is -2.92. The molecule has 1 aliphatic heterocycles. The molecule has 1 aliphatic rings. The molecule has 0 amide bonds. The Morgan fingerprint density at radius 3 is 2.80 bits per heavy atom. The van der Waals surface area contributed by atoms with Gasteiger partial charge in [-0.2, -0.15) is 0 Å². The lowest BCUT2D eigenvalue weighted by atomic mass is 9.93. The number of piperidine rings is 1. The van der Waals surface area contributed by atoms with Gasteiger partial charge in [-0.1, -0.05) is 30.3 Å². The van der Waals surface area contributed by atoms with E-state index >= 15 is 0 Å². The SMILES string of the molecule is CNc1ncccc1CN1CCC[C@H](c2cccc(Cc3ccccc3OC)n2)C1. The number of para-hydroxylation sites is 1. The Balaban J connectivity index is 1.46. The molecule has 1 fully saturated rings. The van der Waals surface area contributed by atoms with E-state index in [-0.39, 0.29) is 0 Å². The molecule has 0 spiro atoms. The van der Waals surface area contributed by atoms with Crippen LogP contribution in [0.15, 0.2) is 60.8 Å². The van der Waals surface area contributed by atoms with E-state index in [1.807, 2.05) is 31.4 Å². The number of pyridine rings is 2. The van der Waals surface area contributed by atoms with Crippen molar-refractivity contribution in [1.29, 1.82) is 0 Å². The highest BCUT2D eigenvalue weighted by atomic mass is 16.5. The van der Waals surface area contributed by atoms with Crippen molar-refractivity contribution in [1.82, 2.24) is 14.9 Å². The van der Waals surface area contributed by atoms with Crippen LogP contribution >= 0.6 is 0 Å². The van der Waals surface area contributed by atoms with Gasteiger partial charge in [0, 0.05) is 61.2 Å². The van der Waals surface area contributed by atoms with Gasteiger partial charge < -0.3 is 10.1 Å². The molecule has 0 saturated carbocycles. The van der Waals surface area contributed by atoms with Crippen molar-refractivity contribution in [2.24, 2.45) is 0 Å². The van der Waals surface area contributed by atoms with Crippen molar-refractivity contribution >= 4 is 5.82 Å². The highest BCUT2D eigenvalue weighted by Gasteiger charge is 2.23. The Morgan fingerprint density at radius 2 is 1.93 bits per heavy atom. The third-order valence-corrected chi connectivity index (χ3v) is 5.84. The molecule has 1 N–H and O–H groups in total. The van der Waals surface area contributed by atoms with Crippen molar-refractivity contribution in [3.05, 3.63) is 83.3 Å². The monoisotopic (exact) mass is 402 g/mol. The van der Waals surface area contributed by atoms with Gasteiger partial charge in [-0.3, -0.25) is 9.88 Å². The van der Waals surface area contributed by atoms with Crippen molar-refractivity contribution in [2.75, 3.05) is 32.6 Å². The lowest BCUT2D eigenvalue weighted by molar-refractivity contribution is 0.198. The molecule has 1 aromatic carbocycles. The van der Waals surface area contributed by atoms with Crippen LogP contribution in [0, 0.1) is 0 Å². The summed E-state index contributed by atoms with van der Waals surface area (Å²) in [7, 11) is 3.66. The topological polar surface area (TPSA) is 50.3 Å². The molecule has 156 valence electrons. The van der Waals surface area contributed by atoms with Crippen molar-refractivity contribution < 1.29 is 4.74 Å². The van der Waals surface area contributed by atoms with Crippen LogP contribution in [-0.4, -0.2) is 42.1 Å². The standard InChI is InChI=1S/C25H30N4O/c1-26-25-21(9-6-14-27-25)18-29-15-7-10-20(17-29)23-12-5-11-22(28-23)16-19-8-3-4-13-24(19)30-2/h3-6,8-9,11-14,20H,7,10,15-18H2,1-2H3,(H,26,27)/t20-/m0/s1. The molecular weight excluding hydrogens is 372 g/mol. The normalized spacial score (nSPS) is 16.9. The molecule has 2 aromatic heterocycles. The number of anilines is 1. The number of nitrogens with zero attached hydrogens (tertiary/aromatic N) is 3. The third-order valence-electron chi connectivity index (χ3n) is 5.84. The lowest BCUT2D eigenvalue weighted by Crippen LogP contribution is -2.34. The van der Waals surface area contributed by atoms with Crippen molar-refractivity contribution in [2.45, 2.75) is 31.7 Å². The molecule has 0 radical (unpaired) electrons. The highest BCUT2D eigenvalue weighted by molar-refractivity contribution is 5.43. The van der Waals surface area contributed by atoms with Crippen LogP contribution in [0.2, 0.25) is 0 Å². The van der Waals surface area contributed by atoms with Crippen LogP contribution in [-0.2, 0) is 13.0 Å². The third kappa shape index (κ3) is 4.79. The number of likely N-dealkylation sites (tertiary alicyclic amines) is 1. The summed E-state index contributed by atoms with van der Waals surface area (Å²) >= 11 is 0. The summed E-state index contributed by atoms with van der Waals surface area (Å²) in [6.07, 6.45) is 5.01. The van der Waals surface area contributed by atoms with Gasteiger partial charge in [0.15, 0.2) is 0 Å². The van der Waals surface area contributed by atoms with E-state index < -0.39 is 0 Å². The second kappa shape index (κ2) is 9.72. The van der Waals surface area contributed by atoms with E-state index in [0.717, 1.165) is 43.3 Å². The van der Waals surface area contributed by atoms with Gasteiger partial charge in [0.1, 0.15) is 11.6 Å². The minimum Gasteiger partial charge on any atom is -0.496 e. The number of nitrogens with one attached hydrogen (secondary N) is 1. The van der Waals surface area contributed by atoms with E-state index in [1.54, 1.807) is 7.11 Å². The molecule has 3 aromatic rings. The number of methoxy groups -OCH3 is 1. The Morgan fingerprint density at radius 1 is 1.07 bits per heavy atom. The van der Waals surface area contributed by atoms with E-state index in [0.29, 0.717) is 5.92 Å². The predicted molar refractivity (Wildman–Crippen MR) is 121 cm³/mol. The van der Waals surface area contributed by atoms with Crippen LogP contribution in [0.4, 0.5) is 5.82 Å². The first-order chi connectivity index (χ1) is 14.8. The largest absolute Gasteiger partial charge is 0.496 e. The van der Waals surface area contributed by atoms with Crippen LogP contribution in [0.5, 0.6) is 5.75 Å². The molecule has 3 heterocycles. The second-order valence-electron chi connectivity index (χ2n) is 7.88. The molecule has 0 aliphatic carbocycles. The fraction of sp³-hybridized carbons (Fsp3) is 0.360. The molecule has 0 unspecified atom stereocenters. The zero-order valence-corrected chi connectivity index (χ0v) is 17.8. The van der Waals surface area contributed by atoms with Crippen LogP contribution in [0.1, 0.15) is 41.3 Å². The summed E-state index contributed by atoms with van der Waals surface area (Å²) in [5, 5.41) is 3.21. The maximum absolute atomic E-state index is 5.51. The van der Waals surface area contributed by atoms with E-state index in [9.17, 15) is 0 Å². The highest BCUT2D eigenvalue weighted by Crippen LogP contribution is 2.28. The van der Waals surface area contributed by atoms with Gasteiger partial charge in [-0.15, -0.1) is 0 Å². The van der Waals surface area contributed by atoms with Gasteiger partial charge in [0.05, 0.1) is 7.11 Å². The molecule has 5 nitrogen and oxygen atoms in total. The molecule has 1 atom stereocenters. The Labute approximate surface area is 179 Å². The first kappa shape index (κ1) is 20.4. The first-order valence-corrected chi connectivity index (χ1v) is 10.7. The fourth-order valence-electron chi connectivity index (χ4n) is 4.34. The molecule has 5 heteroatoms. The van der Waals surface area contributed by atoms with Gasteiger partial charge in [0.25, 0.3) is 0 Å². The summed E-state index contributed by atoms with van der Waals surface area (Å²) in [4.78, 5) is 12.0. The number of rotatable bonds is 7. The predicted octanol–water partition coefficient (Wildman–Crippen LogP) is 4.50. The van der Waals surface area contributed by atoms with Gasteiger partial charge >= 0.3 is 0 Å². The van der Waals surface area contributed by atoms with E-state index in [4.69, 9.17) is 9.72 Å². The number of hydrogen-bond donors (Lipinski definition) is 1. The summed E-state index contributed by atoms with van der Waals surface area (Å²) < 4.78 is 5.51. The van der Waals surface area contributed by atoms with Gasteiger partial charge in [-0.05, 0) is 43.7 Å². The lowest BCUT2D eigenvalue weighted by Gasteiger charge is -2.33. The first-order valence-electron chi connectivity index (χ1n) is 10.7. The maximum Gasteiger partial charge on any atom is 0.130 e. The minimum absolute atomic E-state index is 0.464. The van der Waals surface area contributed by atoms with Crippen LogP contribution < -0.4 is 10.1 Å². The molecule has 1 saturated heterocycles. The zero-order valence-electron chi connectivity index (χ0n) is 17.8. The fourth-order valence-corrected chi connectivity index (χ4v) is 4.34. The van der Waals surface area contributed by atoms with Crippen molar-refractivity contribution in [3.63, 3.8) is 0 Å². The Kier molecular flexibility index (Phi) is 6.60. The average molecular weight is 403 g/mol. The van der Waals surface area contributed by atoms with Gasteiger partial charge in [0.2, 0.25) is 0 Å². The molecular formula is C25H30N4O. The second-order valence-corrected chi connectivity index (χ2v) is 7.88. The summed E-state index contributed by atoms with van der Waals surface area (Å²) in [6.45, 7) is 3.07. The summed E-state index contributed by atoms with van der Waals surface area (Å²) in [5.74, 6) is 2.35. The van der Waals surface area contributed by atoms with Crippen molar-refractivity contribution in [3.8, 4) is 5.75 Å². The Bertz CT molecular complexity index is 975. The molecule has 4 rings (SSSR count). The number of aromatic nitrogens is 2. The van der Waals surface area contributed by atoms with E-state index in [1.165, 1.54) is 29.7 Å². The maximum atomic E-state index is 5.51. The summed E-state index contributed by atoms with van der Waals surface area (Å²) in [6, 6.07) is 18.8. The van der Waals surface area contributed by atoms with E-state index in [2.05, 4.69) is 51.6 Å². The number of ether oxygens (including phenoxy) is 1. The zero-order chi connectivity index (χ0) is 20.8. The number of hydrogen-bond acceptors (Lipinski definition) is 5. The number of benzene rings is 1. The van der Waals surface area contributed by atoms with Gasteiger partial charge in [-0.25, -0.2) is 4.98 Å². The summed E-state index contributed by atoms with van der Waals surface area (Å²) in [5.41, 5.74) is 4.72. The smallest absolute Gasteiger partial charge is 0.130 e. The quantitative estimate of drug-likeness (QED) is 0.631. The molecule has 0 bridgehead atoms.